The van der Waals surface area contributed by atoms with Crippen molar-refractivity contribution in [2.75, 3.05) is 33.8 Å². The normalized spacial score (nSPS) is 11.4. The van der Waals surface area contributed by atoms with Crippen LogP contribution in [0.5, 0.6) is 23.0 Å². The minimum Gasteiger partial charge on any atom is -0.497 e. The van der Waals surface area contributed by atoms with E-state index in [1.165, 1.54) is 21.3 Å². The van der Waals surface area contributed by atoms with E-state index in [0.717, 1.165) is 0 Å². The number of hydrogen-bond acceptors (Lipinski definition) is 9. The molecule has 0 saturated carbocycles. The summed E-state index contributed by atoms with van der Waals surface area (Å²) in [4.78, 5) is 22.5. The number of methoxy groups -OCH3 is 4. The van der Waals surface area contributed by atoms with Crippen LogP contribution in [0.4, 0.5) is 11.4 Å². The number of carbonyl (C=O) groups excluding carboxylic acids is 1. The second-order valence-corrected chi connectivity index (χ2v) is 7.91. The molecule has 0 aliphatic rings. The van der Waals surface area contributed by atoms with Crippen LogP contribution >= 0.6 is 0 Å². The van der Waals surface area contributed by atoms with Gasteiger partial charge in [0.2, 0.25) is 5.55 Å². The highest BCUT2D eigenvalue weighted by Gasteiger charge is 2.18. The monoisotopic (exact) mass is 505 g/mol. The number of rotatable bonds is 8. The molecule has 2 aromatic carbocycles. The molecule has 2 heterocycles. The molecule has 2 N–H and O–H groups in total. The number of aliphatic hydroxyl groups excluding tert-OH is 1. The van der Waals surface area contributed by atoms with E-state index in [-0.39, 0.29) is 17.7 Å². The summed E-state index contributed by atoms with van der Waals surface area (Å²) in [6.45, 7) is 1.49. The predicted octanol–water partition coefficient (Wildman–Crippen LogP) is 4.15. The Morgan fingerprint density at radius 2 is 1.73 bits per heavy atom. The van der Waals surface area contributed by atoms with Crippen LogP contribution in [-0.4, -0.2) is 44.4 Å². The molecule has 4 rings (SSSR count). The summed E-state index contributed by atoms with van der Waals surface area (Å²) in [6.07, 6.45) is 1.55. The maximum atomic E-state index is 13.6. The zero-order valence-electron chi connectivity index (χ0n) is 21.1. The second-order valence-electron chi connectivity index (χ2n) is 7.91. The zero-order chi connectivity index (χ0) is 26.5. The maximum absolute atomic E-state index is 13.6. The maximum Gasteiger partial charge on any atom is 0.261 e. The number of ether oxygens (including phenoxy) is 4. The first kappa shape index (κ1) is 25.5. The lowest BCUT2D eigenvalue weighted by Gasteiger charge is -2.13. The van der Waals surface area contributed by atoms with Crippen molar-refractivity contribution in [1.82, 2.24) is 4.98 Å². The van der Waals surface area contributed by atoms with Gasteiger partial charge in [-0.1, -0.05) is 0 Å². The number of hydrogen-bond donors (Lipinski definition) is 2. The third-order valence-electron chi connectivity index (χ3n) is 5.72. The minimum atomic E-state index is -0.494. The van der Waals surface area contributed by atoms with Crippen LogP contribution in [0.15, 0.2) is 58.1 Å². The fraction of sp³-hybridized carbons (Fsp3) is 0.222. The largest absolute Gasteiger partial charge is 0.497 e. The quantitative estimate of drug-likeness (QED) is 0.366. The molecule has 1 amide bonds. The van der Waals surface area contributed by atoms with Crippen LogP contribution < -0.4 is 29.8 Å². The number of aliphatic hydroxyl groups is 1. The van der Waals surface area contributed by atoms with Crippen molar-refractivity contribution in [2.45, 2.75) is 13.5 Å². The molecule has 2 aromatic heterocycles. The molecule has 0 aliphatic heterocycles. The third kappa shape index (κ3) is 5.19. The Morgan fingerprint density at radius 3 is 2.41 bits per heavy atom. The Hall–Kier alpha value is -4.57. The molecule has 192 valence electrons. The number of amides is 1. The summed E-state index contributed by atoms with van der Waals surface area (Å²) in [7, 11) is 6.10. The van der Waals surface area contributed by atoms with Gasteiger partial charge in [0.05, 0.1) is 52.1 Å². The fourth-order valence-corrected chi connectivity index (χ4v) is 3.76. The topological polar surface area (TPSA) is 125 Å². The van der Waals surface area contributed by atoms with E-state index in [4.69, 9.17) is 23.4 Å². The van der Waals surface area contributed by atoms with Crippen molar-refractivity contribution in [2.24, 2.45) is 4.99 Å². The zero-order valence-corrected chi connectivity index (χ0v) is 21.1. The average Bonchev–Trinajstić information content (AvgIpc) is 2.93. The minimum absolute atomic E-state index is 0.0460. The number of carbonyl (C=O) groups is 1. The average molecular weight is 506 g/mol. The number of aryl methyl sites for hydroxylation is 1. The molecule has 0 aliphatic carbocycles. The Kier molecular flexibility index (Phi) is 7.59. The molecular formula is C27H27N3O7. The van der Waals surface area contributed by atoms with Crippen molar-refractivity contribution in [3.63, 3.8) is 0 Å². The smallest absolute Gasteiger partial charge is 0.261 e. The van der Waals surface area contributed by atoms with Crippen LogP contribution in [0.3, 0.4) is 0 Å². The highest BCUT2D eigenvalue weighted by Crippen LogP contribution is 2.32. The Morgan fingerprint density at radius 1 is 0.973 bits per heavy atom. The van der Waals surface area contributed by atoms with Crippen LogP contribution in [0, 0.1) is 6.92 Å². The van der Waals surface area contributed by atoms with Crippen LogP contribution in [0.2, 0.25) is 0 Å². The Balaban J connectivity index is 1.91. The van der Waals surface area contributed by atoms with E-state index in [1.54, 1.807) is 62.7 Å². The number of nitrogens with one attached hydrogen (secondary N) is 1. The Labute approximate surface area is 213 Å². The number of aromatic nitrogens is 1. The van der Waals surface area contributed by atoms with Gasteiger partial charge in [-0.2, -0.15) is 0 Å². The van der Waals surface area contributed by atoms with E-state index in [2.05, 4.69) is 15.3 Å². The fourth-order valence-electron chi connectivity index (χ4n) is 3.76. The Bertz CT molecular complexity index is 1530. The number of fused-ring (bicyclic) bond motifs is 1. The van der Waals surface area contributed by atoms with Crippen LogP contribution in [-0.2, 0) is 6.61 Å². The van der Waals surface area contributed by atoms with Gasteiger partial charge in [0.25, 0.3) is 5.91 Å². The summed E-state index contributed by atoms with van der Waals surface area (Å²) in [5.74, 6) is 1.51. The van der Waals surface area contributed by atoms with Gasteiger partial charge in [-0.05, 0) is 37.3 Å². The van der Waals surface area contributed by atoms with Crippen LogP contribution in [0.1, 0.15) is 21.6 Å². The van der Waals surface area contributed by atoms with E-state index in [9.17, 15) is 9.90 Å². The standard InChI is InChI=1S/C27H27N3O7/c1-15-25-19(16(14-31)13-28-15)12-20(26(32)30-21-8-7-18(33-2)11-23(21)35-4)27(37-25)29-17-6-9-22(34-3)24(10-17)36-5/h6-13,31H,14H2,1-5H3,(H,30,32). The lowest BCUT2D eigenvalue weighted by atomic mass is 10.1. The molecular weight excluding hydrogens is 478 g/mol. The van der Waals surface area contributed by atoms with E-state index < -0.39 is 5.91 Å². The lowest BCUT2D eigenvalue weighted by Crippen LogP contribution is -2.22. The summed E-state index contributed by atoms with van der Waals surface area (Å²) in [5, 5.41) is 13.3. The molecule has 0 bridgehead atoms. The first-order chi connectivity index (χ1) is 17.9. The highest BCUT2D eigenvalue weighted by molar-refractivity contribution is 6.06. The number of anilines is 1. The number of nitrogens with zero attached hydrogens (tertiary/aromatic N) is 2. The highest BCUT2D eigenvalue weighted by atomic mass is 16.5. The molecule has 0 spiro atoms. The summed E-state index contributed by atoms with van der Waals surface area (Å²) < 4.78 is 27.5. The SMILES string of the molecule is COc1ccc(NC(=O)c2cc3c(CO)cnc(C)c3oc2=Nc2ccc(OC)c(OC)c2)c(OC)c1. The molecule has 0 unspecified atom stereocenters. The molecule has 0 atom stereocenters. The lowest BCUT2D eigenvalue weighted by molar-refractivity contribution is 0.102. The summed E-state index contributed by atoms with van der Waals surface area (Å²) in [5.41, 5.74) is 2.59. The van der Waals surface area contributed by atoms with Crippen molar-refractivity contribution >= 4 is 28.3 Å². The van der Waals surface area contributed by atoms with Gasteiger partial charge in [-0.15, -0.1) is 0 Å². The van der Waals surface area contributed by atoms with Crippen molar-refractivity contribution < 1.29 is 33.3 Å². The molecule has 0 saturated heterocycles. The second kappa shape index (κ2) is 11.0. The van der Waals surface area contributed by atoms with Crippen LogP contribution in [0.25, 0.3) is 11.0 Å². The molecule has 37 heavy (non-hydrogen) atoms. The van der Waals surface area contributed by atoms with E-state index in [1.807, 2.05) is 0 Å². The van der Waals surface area contributed by atoms with Crippen molar-refractivity contribution in [3.8, 4) is 23.0 Å². The summed E-state index contributed by atoms with van der Waals surface area (Å²) in [6, 6.07) is 11.8. The van der Waals surface area contributed by atoms with Gasteiger partial charge in [0.15, 0.2) is 17.1 Å². The van der Waals surface area contributed by atoms with E-state index in [0.29, 0.717) is 56.6 Å². The van der Waals surface area contributed by atoms with Gasteiger partial charge >= 0.3 is 0 Å². The number of pyridine rings is 1. The third-order valence-corrected chi connectivity index (χ3v) is 5.72. The molecule has 10 nitrogen and oxygen atoms in total. The van der Waals surface area contributed by atoms with Crippen molar-refractivity contribution in [1.29, 1.82) is 0 Å². The summed E-state index contributed by atoms with van der Waals surface area (Å²) >= 11 is 0. The molecule has 10 heteroatoms. The van der Waals surface area contributed by atoms with Gasteiger partial charge in [0.1, 0.15) is 17.1 Å². The predicted molar refractivity (Wildman–Crippen MR) is 137 cm³/mol. The van der Waals surface area contributed by atoms with Gasteiger partial charge < -0.3 is 33.8 Å². The van der Waals surface area contributed by atoms with E-state index >= 15 is 0 Å². The molecule has 0 radical (unpaired) electrons. The molecule has 0 fully saturated rings. The van der Waals surface area contributed by atoms with Gasteiger partial charge in [0, 0.05) is 29.3 Å². The molecule has 4 aromatic rings. The first-order valence-electron chi connectivity index (χ1n) is 11.3. The first-order valence-corrected chi connectivity index (χ1v) is 11.3. The van der Waals surface area contributed by atoms with Crippen molar-refractivity contribution in [3.05, 3.63) is 71.0 Å². The number of benzene rings is 2. The van der Waals surface area contributed by atoms with Gasteiger partial charge in [-0.3, -0.25) is 9.78 Å². The van der Waals surface area contributed by atoms with Gasteiger partial charge in [-0.25, -0.2) is 4.99 Å².